The van der Waals surface area contributed by atoms with Crippen LogP contribution in [0.4, 0.5) is 10.5 Å². The van der Waals surface area contributed by atoms with Gasteiger partial charge in [0.15, 0.2) is 6.29 Å². The number of anilines is 1. The van der Waals surface area contributed by atoms with Gasteiger partial charge in [0, 0.05) is 26.5 Å². The van der Waals surface area contributed by atoms with Crippen LogP contribution in [0.5, 0.6) is 0 Å². The minimum atomic E-state index is -3.26. The van der Waals surface area contributed by atoms with E-state index in [9.17, 15) is 9.36 Å². The lowest BCUT2D eigenvalue weighted by Gasteiger charge is -2.28. The van der Waals surface area contributed by atoms with Crippen LogP contribution >= 0.6 is 7.60 Å². The highest BCUT2D eigenvalue weighted by molar-refractivity contribution is 7.53. The van der Waals surface area contributed by atoms with E-state index in [2.05, 4.69) is 5.32 Å². The number of methoxy groups -OCH3 is 2. The van der Waals surface area contributed by atoms with Gasteiger partial charge in [0.05, 0.1) is 25.9 Å². The molecule has 0 spiro atoms. The van der Waals surface area contributed by atoms with Gasteiger partial charge in [-0.05, 0) is 26.0 Å². The molecule has 1 aromatic rings. The summed E-state index contributed by atoms with van der Waals surface area (Å²) in [5.41, 5.74) is 0.659. The average molecular weight is 388 g/mol. The molecule has 0 bridgehead atoms. The van der Waals surface area contributed by atoms with Crippen molar-refractivity contribution >= 4 is 19.3 Å². The Balaban J connectivity index is 2.83. The second-order valence-corrected chi connectivity index (χ2v) is 7.50. The van der Waals surface area contributed by atoms with Crippen molar-refractivity contribution in [3.05, 3.63) is 30.3 Å². The maximum atomic E-state index is 12.7. The lowest BCUT2D eigenvalue weighted by atomic mass is 10.3. The van der Waals surface area contributed by atoms with Crippen molar-refractivity contribution in [3.8, 4) is 0 Å². The van der Waals surface area contributed by atoms with Gasteiger partial charge in [-0.25, -0.2) is 4.79 Å². The molecule has 0 aliphatic carbocycles. The molecule has 26 heavy (non-hydrogen) atoms. The topological polar surface area (TPSA) is 86.3 Å². The Morgan fingerprint density at radius 2 is 1.69 bits per heavy atom. The van der Waals surface area contributed by atoms with Gasteiger partial charge in [-0.2, -0.15) is 0 Å². The SMILES string of the molecule is CCOP(=O)(CCN(CC(OC)OC)C(=O)Nc1ccccc1)OCC. The summed E-state index contributed by atoms with van der Waals surface area (Å²) in [7, 11) is -0.273. The second-order valence-electron chi connectivity index (χ2n) is 5.31. The third-order valence-corrected chi connectivity index (χ3v) is 5.55. The zero-order chi connectivity index (χ0) is 19.4. The summed E-state index contributed by atoms with van der Waals surface area (Å²) in [6, 6.07) is 8.72. The smallest absolute Gasteiger partial charge is 0.332 e. The molecule has 0 aliphatic heterocycles. The maximum absolute atomic E-state index is 12.7. The number of urea groups is 1. The van der Waals surface area contributed by atoms with Gasteiger partial charge in [-0.15, -0.1) is 0 Å². The summed E-state index contributed by atoms with van der Waals surface area (Å²) in [5, 5.41) is 2.80. The number of hydrogen-bond acceptors (Lipinski definition) is 6. The van der Waals surface area contributed by atoms with Crippen molar-refractivity contribution < 1.29 is 27.9 Å². The Morgan fingerprint density at radius 3 is 2.19 bits per heavy atom. The van der Waals surface area contributed by atoms with Crippen molar-refractivity contribution in [1.82, 2.24) is 4.90 Å². The lowest BCUT2D eigenvalue weighted by molar-refractivity contribution is -0.110. The minimum Gasteiger partial charge on any atom is -0.354 e. The number of para-hydroxylation sites is 1. The van der Waals surface area contributed by atoms with E-state index in [0.29, 0.717) is 5.69 Å². The van der Waals surface area contributed by atoms with E-state index in [0.717, 1.165) is 0 Å². The Labute approximate surface area is 155 Å². The van der Waals surface area contributed by atoms with E-state index >= 15 is 0 Å². The van der Waals surface area contributed by atoms with Crippen LogP contribution in [0, 0.1) is 0 Å². The number of nitrogens with zero attached hydrogens (tertiary/aromatic N) is 1. The molecule has 0 atom stereocenters. The minimum absolute atomic E-state index is 0.0804. The standard InChI is InChI=1S/C17H29N2O6P/c1-5-24-26(21,25-6-2)13-12-19(14-16(22-3)23-4)17(20)18-15-10-8-7-9-11-15/h7-11,16H,5-6,12-14H2,1-4H3,(H,18,20). The summed E-state index contributed by atoms with van der Waals surface area (Å²) < 4.78 is 33.6. The highest BCUT2D eigenvalue weighted by Crippen LogP contribution is 2.47. The normalized spacial score (nSPS) is 11.6. The third kappa shape index (κ3) is 7.85. The first kappa shape index (κ1) is 22.6. The fourth-order valence-electron chi connectivity index (χ4n) is 2.23. The third-order valence-electron chi connectivity index (χ3n) is 3.50. The fourth-order valence-corrected chi connectivity index (χ4v) is 3.83. The molecular formula is C17H29N2O6P. The average Bonchev–Trinajstić information content (AvgIpc) is 2.63. The monoisotopic (exact) mass is 388 g/mol. The van der Waals surface area contributed by atoms with Crippen LogP contribution in [0.25, 0.3) is 0 Å². The number of nitrogens with one attached hydrogen (secondary N) is 1. The molecule has 0 unspecified atom stereocenters. The van der Waals surface area contributed by atoms with Gasteiger partial charge in [0.1, 0.15) is 0 Å². The van der Waals surface area contributed by atoms with Crippen molar-refractivity contribution in [2.45, 2.75) is 20.1 Å². The quantitative estimate of drug-likeness (QED) is 0.436. The molecule has 0 aliphatic rings. The van der Waals surface area contributed by atoms with Gasteiger partial charge in [-0.1, -0.05) is 18.2 Å². The molecule has 0 radical (unpaired) electrons. The number of amides is 2. The Hall–Kier alpha value is -1.44. The summed E-state index contributed by atoms with van der Waals surface area (Å²) in [6.07, 6.45) is -0.521. The van der Waals surface area contributed by atoms with E-state index in [1.807, 2.05) is 18.2 Å². The van der Waals surface area contributed by atoms with Gasteiger partial charge in [0.25, 0.3) is 0 Å². The van der Waals surface area contributed by atoms with E-state index in [1.165, 1.54) is 19.1 Å². The van der Waals surface area contributed by atoms with E-state index in [4.69, 9.17) is 18.5 Å². The molecule has 0 aromatic heterocycles. The van der Waals surface area contributed by atoms with Gasteiger partial charge < -0.3 is 28.7 Å². The molecule has 1 N–H and O–H groups in total. The van der Waals surface area contributed by atoms with Crippen LogP contribution < -0.4 is 5.32 Å². The first-order chi connectivity index (χ1) is 12.5. The highest BCUT2D eigenvalue weighted by Gasteiger charge is 2.27. The van der Waals surface area contributed by atoms with Crippen molar-refractivity contribution in [2.24, 2.45) is 0 Å². The molecule has 0 saturated heterocycles. The Morgan fingerprint density at radius 1 is 1.12 bits per heavy atom. The van der Waals surface area contributed by atoms with Crippen molar-refractivity contribution in [2.75, 3.05) is 52.0 Å². The highest BCUT2D eigenvalue weighted by atomic mass is 31.2. The second kappa shape index (κ2) is 12.0. The molecule has 8 nitrogen and oxygen atoms in total. The molecule has 148 valence electrons. The number of carbonyl (C=O) groups is 1. The maximum Gasteiger partial charge on any atom is 0.332 e. The van der Waals surface area contributed by atoms with E-state index in [-0.39, 0.29) is 38.5 Å². The molecule has 1 aromatic carbocycles. The molecule has 1 rings (SSSR count). The Bertz CT molecular complexity index is 558. The van der Waals surface area contributed by atoms with Gasteiger partial charge in [0.2, 0.25) is 0 Å². The predicted octanol–water partition coefficient (Wildman–Crippen LogP) is 3.41. The van der Waals surface area contributed by atoms with Crippen molar-refractivity contribution in [3.63, 3.8) is 0 Å². The van der Waals surface area contributed by atoms with Crippen LogP contribution in [-0.2, 0) is 23.1 Å². The van der Waals surface area contributed by atoms with Gasteiger partial charge >= 0.3 is 13.6 Å². The number of rotatable bonds is 12. The van der Waals surface area contributed by atoms with E-state index < -0.39 is 13.9 Å². The number of ether oxygens (including phenoxy) is 2. The molecular weight excluding hydrogens is 359 g/mol. The fraction of sp³-hybridized carbons (Fsp3) is 0.588. The number of carbonyl (C=O) groups excluding carboxylic acids is 1. The molecule has 2 amide bonds. The summed E-state index contributed by atoms with van der Waals surface area (Å²) in [4.78, 5) is 14.1. The van der Waals surface area contributed by atoms with Crippen LogP contribution in [0.3, 0.4) is 0 Å². The summed E-state index contributed by atoms with van der Waals surface area (Å²) in [5.74, 6) is 0. The first-order valence-corrected chi connectivity index (χ1v) is 10.3. The Kier molecular flexibility index (Phi) is 10.5. The lowest BCUT2D eigenvalue weighted by Crippen LogP contribution is -2.43. The van der Waals surface area contributed by atoms with Crippen LogP contribution in [-0.4, -0.2) is 63.9 Å². The zero-order valence-electron chi connectivity index (χ0n) is 15.8. The number of benzene rings is 1. The molecule has 0 fully saturated rings. The summed E-state index contributed by atoms with van der Waals surface area (Å²) in [6.45, 7) is 4.37. The molecule has 0 saturated carbocycles. The molecule has 9 heteroatoms. The largest absolute Gasteiger partial charge is 0.354 e. The van der Waals surface area contributed by atoms with Crippen LogP contribution in [0.15, 0.2) is 30.3 Å². The predicted molar refractivity (Wildman–Crippen MR) is 101 cm³/mol. The number of hydrogen-bond donors (Lipinski definition) is 1. The van der Waals surface area contributed by atoms with Gasteiger partial charge in [-0.3, -0.25) is 4.57 Å². The van der Waals surface area contributed by atoms with Crippen molar-refractivity contribution in [1.29, 1.82) is 0 Å². The van der Waals surface area contributed by atoms with Crippen LogP contribution in [0.2, 0.25) is 0 Å². The zero-order valence-corrected chi connectivity index (χ0v) is 16.7. The molecule has 0 heterocycles. The van der Waals surface area contributed by atoms with Crippen LogP contribution in [0.1, 0.15) is 13.8 Å². The first-order valence-electron chi connectivity index (χ1n) is 8.52. The van der Waals surface area contributed by atoms with E-state index in [1.54, 1.807) is 26.0 Å². The summed E-state index contributed by atoms with van der Waals surface area (Å²) >= 11 is 0.